The minimum atomic E-state index is 0.438. The molecule has 1 N–H and O–H groups in total. The Hall–Kier alpha value is -1.58. The molecule has 3 rings (SSSR count). The first-order valence-electron chi connectivity index (χ1n) is 6.46. The molecule has 2 heterocycles. The fourth-order valence-corrected chi connectivity index (χ4v) is 3.41. The summed E-state index contributed by atoms with van der Waals surface area (Å²) in [5, 5.41) is 0.978. The van der Waals surface area contributed by atoms with Crippen molar-refractivity contribution in [3.63, 3.8) is 0 Å². The molecular weight excluding hydrogens is 290 g/mol. The number of rotatable bonds is 3. The molecule has 0 aliphatic heterocycles. The van der Waals surface area contributed by atoms with Crippen LogP contribution in [0.5, 0.6) is 0 Å². The molecule has 0 aliphatic rings. The van der Waals surface area contributed by atoms with E-state index in [1.807, 2.05) is 18.2 Å². The first-order chi connectivity index (χ1) is 9.60. The van der Waals surface area contributed by atoms with Gasteiger partial charge in [0.1, 0.15) is 0 Å². The Labute approximate surface area is 126 Å². The van der Waals surface area contributed by atoms with Gasteiger partial charge in [-0.3, -0.25) is 4.79 Å². The molecule has 0 spiro atoms. The molecule has 0 saturated heterocycles. The van der Waals surface area contributed by atoms with E-state index in [0.717, 1.165) is 32.1 Å². The zero-order valence-corrected chi connectivity index (χ0v) is 12.8. The van der Waals surface area contributed by atoms with Gasteiger partial charge in [0.05, 0.1) is 14.9 Å². The Morgan fingerprint density at radius 1 is 1.25 bits per heavy atom. The number of aromatic nitrogens is 1. The van der Waals surface area contributed by atoms with Crippen LogP contribution in [-0.2, 0) is 0 Å². The summed E-state index contributed by atoms with van der Waals surface area (Å²) in [7, 11) is 0. The molecule has 3 aromatic rings. The van der Waals surface area contributed by atoms with Crippen LogP contribution < -0.4 is 0 Å². The second-order valence-electron chi connectivity index (χ2n) is 5.10. The third-order valence-electron chi connectivity index (χ3n) is 3.47. The van der Waals surface area contributed by atoms with Gasteiger partial charge in [0.25, 0.3) is 0 Å². The lowest BCUT2D eigenvalue weighted by Gasteiger charge is -2.04. The first kappa shape index (κ1) is 13.4. The molecule has 1 aromatic carbocycles. The van der Waals surface area contributed by atoms with Crippen LogP contribution in [0.1, 0.15) is 35.7 Å². The van der Waals surface area contributed by atoms with Gasteiger partial charge in [0.15, 0.2) is 6.29 Å². The average Bonchev–Trinajstić information content (AvgIpc) is 3.00. The van der Waals surface area contributed by atoms with Crippen LogP contribution in [0.4, 0.5) is 0 Å². The number of thiophene rings is 1. The van der Waals surface area contributed by atoms with Crippen LogP contribution in [0, 0.1) is 0 Å². The summed E-state index contributed by atoms with van der Waals surface area (Å²) in [6.45, 7) is 4.29. The summed E-state index contributed by atoms with van der Waals surface area (Å²) in [5.74, 6) is 0.438. The second-order valence-corrected chi connectivity index (χ2v) is 6.81. The number of benzene rings is 1. The topological polar surface area (TPSA) is 32.9 Å². The van der Waals surface area contributed by atoms with Crippen molar-refractivity contribution in [2.45, 2.75) is 19.8 Å². The summed E-state index contributed by atoms with van der Waals surface area (Å²) in [6.07, 6.45) is 0.923. The van der Waals surface area contributed by atoms with Crippen LogP contribution in [0.25, 0.3) is 21.5 Å². The highest BCUT2D eigenvalue weighted by atomic mass is 35.5. The van der Waals surface area contributed by atoms with Crippen molar-refractivity contribution in [3.8, 4) is 10.6 Å². The average molecular weight is 304 g/mol. The summed E-state index contributed by atoms with van der Waals surface area (Å²) < 4.78 is 0.721. The molecule has 0 saturated carbocycles. The zero-order valence-electron chi connectivity index (χ0n) is 11.2. The predicted octanol–water partition coefficient (Wildman–Crippen LogP) is 5.49. The third-order valence-corrected chi connectivity index (χ3v) is 4.72. The highest BCUT2D eigenvalue weighted by molar-refractivity contribution is 7.19. The van der Waals surface area contributed by atoms with Crippen molar-refractivity contribution in [1.82, 2.24) is 4.98 Å². The Kier molecular flexibility index (Phi) is 3.40. The molecule has 0 atom stereocenters. The number of hydrogen-bond acceptors (Lipinski definition) is 2. The molecule has 0 unspecified atom stereocenters. The van der Waals surface area contributed by atoms with Gasteiger partial charge in [-0.2, -0.15) is 0 Å². The number of hydrogen-bond donors (Lipinski definition) is 1. The number of carbonyl (C=O) groups excluding carboxylic acids is 1. The Bertz CT molecular complexity index is 785. The van der Waals surface area contributed by atoms with E-state index in [1.165, 1.54) is 16.9 Å². The molecule has 0 radical (unpaired) electrons. The maximum Gasteiger partial charge on any atom is 0.152 e. The van der Waals surface area contributed by atoms with E-state index in [2.05, 4.69) is 31.0 Å². The van der Waals surface area contributed by atoms with E-state index in [-0.39, 0.29) is 0 Å². The fraction of sp³-hybridized carbons (Fsp3) is 0.188. The summed E-state index contributed by atoms with van der Waals surface area (Å²) in [5.41, 5.74) is 3.78. The van der Waals surface area contributed by atoms with E-state index in [9.17, 15) is 4.79 Å². The summed E-state index contributed by atoms with van der Waals surface area (Å²) in [6, 6.07) is 10.0. The van der Waals surface area contributed by atoms with Gasteiger partial charge in [0, 0.05) is 16.5 Å². The van der Waals surface area contributed by atoms with Gasteiger partial charge in [0.2, 0.25) is 0 Å². The minimum Gasteiger partial charge on any atom is -0.353 e. The molecule has 4 heteroatoms. The Morgan fingerprint density at radius 2 is 2.05 bits per heavy atom. The number of carbonyl (C=O) groups is 1. The summed E-state index contributed by atoms with van der Waals surface area (Å²) in [4.78, 5) is 15.8. The highest BCUT2D eigenvalue weighted by Crippen LogP contribution is 2.36. The van der Waals surface area contributed by atoms with Crippen molar-refractivity contribution in [1.29, 1.82) is 0 Å². The quantitative estimate of drug-likeness (QED) is 0.638. The number of aromatic amines is 1. The Morgan fingerprint density at radius 3 is 2.65 bits per heavy atom. The highest BCUT2D eigenvalue weighted by Gasteiger charge is 2.15. The van der Waals surface area contributed by atoms with Crippen LogP contribution in [0.2, 0.25) is 4.34 Å². The predicted molar refractivity (Wildman–Crippen MR) is 86.1 cm³/mol. The molecule has 2 nitrogen and oxygen atoms in total. The maximum atomic E-state index is 11.5. The van der Waals surface area contributed by atoms with Crippen molar-refractivity contribution in [2.24, 2.45) is 0 Å². The van der Waals surface area contributed by atoms with Gasteiger partial charge < -0.3 is 4.98 Å². The smallest absolute Gasteiger partial charge is 0.152 e. The summed E-state index contributed by atoms with van der Waals surface area (Å²) >= 11 is 7.46. The van der Waals surface area contributed by atoms with E-state index < -0.39 is 0 Å². The van der Waals surface area contributed by atoms with E-state index in [0.29, 0.717) is 11.5 Å². The fourth-order valence-electron chi connectivity index (χ4n) is 2.35. The standard InChI is InChI=1S/C16H14ClNOS/c1-9(2)10-3-4-13-11(7-10)12(8-19)16(18-13)14-5-6-15(17)20-14/h3-9,18H,1-2H3. The van der Waals surface area contributed by atoms with Crippen LogP contribution in [0.15, 0.2) is 30.3 Å². The minimum absolute atomic E-state index is 0.438. The van der Waals surface area contributed by atoms with Gasteiger partial charge >= 0.3 is 0 Å². The molecular formula is C16H14ClNOS. The molecule has 0 amide bonds. The second kappa shape index (κ2) is 5.08. The van der Waals surface area contributed by atoms with Crippen LogP contribution in [-0.4, -0.2) is 11.3 Å². The number of aldehydes is 1. The molecule has 20 heavy (non-hydrogen) atoms. The van der Waals surface area contributed by atoms with Crippen molar-refractivity contribution in [2.75, 3.05) is 0 Å². The molecule has 102 valence electrons. The lowest BCUT2D eigenvalue weighted by molar-refractivity contribution is 0.112. The van der Waals surface area contributed by atoms with Crippen molar-refractivity contribution >= 4 is 40.1 Å². The molecule has 0 bridgehead atoms. The lowest BCUT2D eigenvalue weighted by atomic mass is 10.0. The molecule has 2 aromatic heterocycles. The van der Waals surface area contributed by atoms with Crippen LogP contribution >= 0.6 is 22.9 Å². The first-order valence-corrected chi connectivity index (χ1v) is 7.66. The SMILES string of the molecule is CC(C)c1ccc2[nH]c(-c3ccc(Cl)s3)c(C=O)c2c1. The normalized spacial score (nSPS) is 11.4. The number of H-pyrrole nitrogens is 1. The molecule has 0 aliphatic carbocycles. The molecule has 0 fully saturated rings. The van der Waals surface area contributed by atoms with Crippen molar-refractivity contribution < 1.29 is 4.79 Å². The zero-order chi connectivity index (χ0) is 14.3. The van der Waals surface area contributed by atoms with Gasteiger partial charge in [-0.25, -0.2) is 0 Å². The monoisotopic (exact) mass is 303 g/mol. The van der Waals surface area contributed by atoms with Gasteiger partial charge in [-0.15, -0.1) is 11.3 Å². The van der Waals surface area contributed by atoms with Crippen LogP contribution in [0.3, 0.4) is 0 Å². The third kappa shape index (κ3) is 2.17. The van der Waals surface area contributed by atoms with Crippen molar-refractivity contribution in [3.05, 3.63) is 45.8 Å². The van der Waals surface area contributed by atoms with Gasteiger partial charge in [-0.1, -0.05) is 31.5 Å². The van der Waals surface area contributed by atoms with E-state index in [4.69, 9.17) is 11.6 Å². The van der Waals surface area contributed by atoms with Gasteiger partial charge in [-0.05, 0) is 35.7 Å². The number of nitrogens with one attached hydrogen (secondary N) is 1. The lowest BCUT2D eigenvalue weighted by Crippen LogP contribution is -1.87. The van der Waals surface area contributed by atoms with E-state index >= 15 is 0 Å². The Balaban J connectivity index is 2.26. The number of halogens is 1. The maximum absolute atomic E-state index is 11.5. The largest absolute Gasteiger partial charge is 0.353 e. The number of fused-ring (bicyclic) bond motifs is 1. The van der Waals surface area contributed by atoms with E-state index in [1.54, 1.807) is 0 Å².